The van der Waals surface area contributed by atoms with Gasteiger partial charge in [0.1, 0.15) is 0 Å². The minimum absolute atomic E-state index is 0.570. The van der Waals surface area contributed by atoms with E-state index in [-0.39, 0.29) is 0 Å². The van der Waals surface area contributed by atoms with Gasteiger partial charge in [0.25, 0.3) is 0 Å². The third-order valence-corrected chi connectivity index (χ3v) is 6.58. The molecule has 0 N–H and O–H groups in total. The lowest BCUT2D eigenvalue weighted by Crippen LogP contribution is -2.18. The molecule has 0 saturated carbocycles. The average molecular weight is 369 g/mol. The van der Waals surface area contributed by atoms with Gasteiger partial charge in [-0.2, -0.15) is 0 Å². The van der Waals surface area contributed by atoms with Crippen LogP contribution >= 0.6 is 7.75 Å². The van der Waals surface area contributed by atoms with Gasteiger partial charge in [-0.3, -0.25) is 9.05 Å². The summed E-state index contributed by atoms with van der Waals surface area (Å²) >= 11 is 0. The zero-order chi connectivity index (χ0) is 18.6. The molecule has 0 amide bonds. The molecule has 26 heavy (non-hydrogen) atoms. The van der Waals surface area contributed by atoms with Crippen LogP contribution in [-0.4, -0.2) is 32.5 Å². The molecule has 0 aromatic heterocycles. The number of rotatable bonds is 6. The van der Waals surface area contributed by atoms with Crippen LogP contribution in [0.4, 0.5) is 0 Å². The first-order valence-corrected chi connectivity index (χ1v) is 10.1. The lowest BCUT2D eigenvalue weighted by atomic mass is 9.93. The van der Waals surface area contributed by atoms with Crippen molar-refractivity contribution in [2.45, 2.75) is 6.42 Å². The van der Waals surface area contributed by atoms with E-state index in [9.17, 15) is 4.57 Å². The Morgan fingerprint density at radius 3 is 1.92 bits per heavy atom. The molecule has 0 unspecified atom stereocenters. The fourth-order valence-corrected chi connectivity index (χ4v) is 4.26. The van der Waals surface area contributed by atoms with E-state index in [4.69, 9.17) is 9.05 Å². The summed E-state index contributed by atoms with van der Waals surface area (Å²) in [5.74, 6) is 0. The van der Waals surface area contributed by atoms with Gasteiger partial charge in [0.15, 0.2) is 0 Å². The molecule has 0 atom stereocenters. The topological polar surface area (TPSA) is 38.8 Å². The summed E-state index contributed by atoms with van der Waals surface area (Å²) in [5.41, 5.74) is 6.00. The molecular weight excluding hydrogens is 345 g/mol. The van der Waals surface area contributed by atoms with Crippen molar-refractivity contribution in [2.75, 3.05) is 27.8 Å². The van der Waals surface area contributed by atoms with Crippen LogP contribution in [0.1, 0.15) is 28.7 Å². The van der Waals surface area contributed by atoms with Crippen molar-refractivity contribution >= 4 is 25.5 Å². The molecule has 1 aliphatic rings. The standard InChI is InChI=1S/C21H24NO3P/c1-22(26(23,24-2)25-3)16-8-13-21-19-11-6-4-9-17(19)14-15-18-10-5-7-12-20(18)21/h4-7,9-15H,8,16H2,1-3H3. The molecule has 2 aromatic carbocycles. The van der Waals surface area contributed by atoms with Crippen LogP contribution in [0.5, 0.6) is 0 Å². The number of hydrogen-bond acceptors (Lipinski definition) is 3. The fraction of sp³-hybridized carbons (Fsp3) is 0.238. The first kappa shape index (κ1) is 18.8. The Balaban J connectivity index is 1.93. The molecule has 0 spiro atoms. The maximum atomic E-state index is 12.4. The van der Waals surface area contributed by atoms with E-state index in [0.717, 1.165) is 6.42 Å². The molecule has 0 bridgehead atoms. The van der Waals surface area contributed by atoms with E-state index < -0.39 is 7.75 Å². The Kier molecular flexibility index (Phi) is 5.90. The van der Waals surface area contributed by atoms with Gasteiger partial charge >= 0.3 is 7.75 Å². The molecule has 136 valence electrons. The molecule has 4 nitrogen and oxygen atoms in total. The first-order valence-electron chi connectivity index (χ1n) is 8.59. The van der Waals surface area contributed by atoms with E-state index >= 15 is 0 Å². The van der Waals surface area contributed by atoms with Crippen molar-refractivity contribution in [1.82, 2.24) is 4.67 Å². The van der Waals surface area contributed by atoms with Crippen molar-refractivity contribution in [3.63, 3.8) is 0 Å². The van der Waals surface area contributed by atoms with Crippen molar-refractivity contribution in [3.05, 3.63) is 76.9 Å². The van der Waals surface area contributed by atoms with Gasteiger partial charge in [0.05, 0.1) is 0 Å². The van der Waals surface area contributed by atoms with Gasteiger partial charge in [0, 0.05) is 20.8 Å². The normalized spacial score (nSPS) is 13.3. The van der Waals surface area contributed by atoms with Gasteiger partial charge in [0.2, 0.25) is 0 Å². The molecule has 0 saturated heterocycles. The average Bonchev–Trinajstić information content (AvgIpc) is 2.84. The largest absolute Gasteiger partial charge is 0.407 e. The second-order valence-electron chi connectivity index (χ2n) is 6.13. The third kappa shape index (κ3) is 3.74. The molecular formula is C21H24NO3P. The van der Waals surface area contributed by atoms with E-state index in [0.29, 0.717) is 6.54 Å². The van der Waals surface area contributed by atoms with Crippen LogP contribution in [0.15, 0.2) is 54.6 Å². The Labute approximate surface area is 155 Å². The maximum Gasteiger partial charge on any atom is 0.407 e. The quantitative estimate of drug-likeness (QED) is 0.551. The molecule has 2 aromatic rings. The second-order valence-corrected chi connectivity index (χ2v) is 8.48. The molecule has 0 heterocycles. The van der Waals surface area contributed by atoms with Gasteiger partial charge < -0.3 is 0 Å². The Hall–Kier alpha value is -1.97. The molecule has 5 heteroatoms. The predicted octanol–water partition coefficient (Wildman–Crippen LogP) is 5.32. The van der Waals surface area contributed by atoms with Crippen molar-refractivity contribution in [1.29, 1.82) is 0 Å². The Bertz CT molecular complexity index is 829. The smallest absolute Gasteiger partial charge is 0.300 e. The van der Waals surface area contributed by atoms with Gasteiger partial charge in [-0.05, 0) is 41.3 Å². The Morgan fingerprint density at radius 1 is 0.923 bits per heavy atom. The number of hydrogen-bond donors (Lipinski definition) is 0. The van der Waals surface area contributed by atoms with E-state index in [1.807, 2.05) is 0 Å². The fourth-order valence-electron chi connectivity index (χ4n) is 3.19. The summed E-state index contributed by atoms with van der Waals surface area (Å²) < 4.78 is 24.2. The molecule has 0 aliphatic heterocycles. The lowest BCUT2D eigenvalue weighted by molar-refractivity contribution is 0.222. The third-order valence-electron chi connectivity index (χ3n) is 4.63. The highest BCUT2D eigenvalue weighted by molar-refractivity contribution is 7.51. The summed E-state index contributed by atoms with van der Waals surface area (Å²) in [6.45, 7) is 0.570. The van der Waals surface area contributed by atoms with Crippen LogP contribution < -0.4 is 0 Å². The van der Waals surface area contributed by atoms with Crippen LogP contribution in [-0.2, 0) is 13.6 Å². The van der Waals surface area contributed by atoms with Gasteiger partial charge in [-0.15, -0.1) is 0 Å². The van der Waals surface area contributed by atoms with Crippen LogP contribution in [0.2, 0.25) is 0 Å². The summed E-state index contributed by atoms with van der Waals surface area (Å²) in [6, 6.07) is 16.8. The summed E-state index contributed by atoms with van der Waals surface area (Å²) in [5, 5.41) is 0. The van der Waals surface area contributed by atoms with E-state index in [1.54, 1.807) is 11.7 Å². The molecule has 0 radical (unpaired) electrons. The van der Waals surface area contributed by atoms with Crippen molar-refractivity contribution < 1.29 is 13.6 Å². The minimum Gasteiger partial charge on any atom is -0.300 e. The highest BCUT2D eigenvalue weighted by atomic mass is 31.2. The summed E-state index contributed by atoms with van der Waals surface area (Å²) in [6.07, 6.45) is 7.25. The minimum atomic E-state index is -3.19. The van der Waals surface area contributed by atoms with Crippen molar-refractivity contribution in [3.8, 4) is 0 Å². The second kappa shape index (κ2) is 8.15. The van der Waals surface area contributed by atoms with E-state index in [1.165, 1.54) is 42.0 Å². The van der Waals surface area contributed by atoms with Gasteiger partial charge in [-0.25, -0.2) is 9.24 Å². The molecule has 0 fully saturated rings. The summed E-state index contributed by atoms with van der Waals surface area (Å²) in [7, 11) is 1.37. The highest BCUT2D eigenvalue weighted by Crippen LogP contribution is 2.49. The first-order chi connectivity index (χ1) is 12.6. The van der Waals surface area contributed by atoms with Crippen LogP contribution in [0, 0.1) is 0 Å². The molecule has 3 rings (SSSR count). The summed E-state index contributed by atoms with van der Waals surface area (Å²) in [4.78, 5) is 0. The van der Waals surface area contributed by atoms with Crippen molar-refractivity contribution in [2.24, 2.45) is 0 Å². The number of fused-ring (bicyclic) bond motifs is 2. The molecule has 1 aliphatic carbocycles. The number of benzene rings is 2. The van der Waals surface area contributed by atoms with E-state index in [2.05, 4.69) is 66.8 Å². The van der Waals surface area contributed by atoms with Crippen LogP contribution in [0.25, 0.3) is 17.7 Å². The number of nitrogens with zero attached hydrogens (tertiary/aromatic N) is 1. The SMILES string of the molecule is COP(=O)(OC)N(C)CCC=C1c2ccccc2C=Cc2ccccc21. The van der Waals surface area contributed by atoms with Gasteiger partial charge in [-0.1, -0.05) is 66.8 Å². The lowest BCUT2D eigenvalue weighted by Gasteiger charge is -2.23. The Morgan fingerprint density at radius 2 is 1.42 bits per heavy atom. The highest BCUT2D eigenvalue weighted by Gasteiger charge is 2.27. The zero-order valence-corrected chi connectivity index (χ0v) is 16.3. The zero-order valence-electron chi connectivity index (χ0n) is 15.4. The predicted molar refractivity (Wildman–Crippen MR) is 108 cm³/mol. The van der Waals surface area contributed by atoms with Crippen LogP contribution in [0.3, 0.4) is 0 Å². The monoisotopic (exact) mass is 369 g/mol. The maximum absolute atomic E-state index is 12.4.